The molecule has 0 fully saturated rings. The predicted molar refractivity (Wildman–Crippen MR) is 128 cm³/mol. The first-order valence-corrected chi connectivity index (χ1v) is 14.2. The molecule has 0 saturated carbocycles. The maximum absolute atomic E-state index is 11.8. The van der Waals surface area contributed by atoms with E-state index in [4.69, 9.17) is 39.8 Å². The van der Waals surface area contributed by atoms with Crippen LogP contribution in [0.1, 0.15) is 59.3 Å². The van der Waals surface area contributed by atoms with Crippen molar-refractivity contribution >= 4 is 24.4 Å². The zero-order valence-electron chi connectivity index (χ0n) is 20.1. The van der Waals surface area contributed by atoms with Crippen molar-refractivity contribution in [3.8, 4) is 0 Å². The summed E-state index contributed by atoms with van der Waals surface area (Å²) in [6.45, 7) is 7.94. The first-order chi connectivity index (χ1) is 15.4. The smallest absolute Gasteiger partial charge is 0.324 e. The van der Waals surface area contributed by atoms with Gasteiger partial charge < -0.3 is 38.2 Å². The van der Waals surface area contributed by atoms with Crippen molar-refractivity contribution in [2.45, 2.75) is 65.4 Å². The summed E-state index contributed by atoms with van der Waals surface area (Å²) >= 11 is 4.91. The largest absolute Gasteiger partial charge is 0.379 e. The van der Waals surface area contributed by atoms with E-state index in [1.807, 2.05) is 0 Å². The van der Waals surface area contributed by atoms with Gasteiger partial charge in [0.15, 0.2) is 0 Å². The lowest BCUT2D eigenvalue weighted by Gasteiger charge is -2.17. The molecule has 0 aliphatic rings. The Bertz CT molecular complexity index is 485. The average molecular weight is 502 g/mol. The normalized spacial score (nSPS) is 13.4. The summed E-state index contributed by atoms with van der Waals surface area (Å²) in [4.78, 5) is 21.5. The highest BCUT2D eigenvalue weighted by Crippen LogP contribution is 2.44. The maximum Gasteiger partial charge on any atom is 0.324 e. The van der Waals surface area contributed by atoms with Gasteiger partial charge in [0.1, 0.15) is 0 Å². The molecule has 1 atom stereocenters. The Morgan fingerprint density at radius 2 is 1.38 bits per heavy atom. The molecule has 0 spiro atoms. The van der Waals surface area contributed by atoms with Crippen molar-refractivity contribution in [1.29, 1.82) is 0 Å². The second kappa shape index (κ2) is 22.6. The van der Waals surface area contributed by atoms with Crippen molar-refractivity contribution in [3.05, 3.63) is 0 Å². The van der Waals surface area contributed by atoms with E-state index in [-0.39, 0.29) is 12.0 Å². The fourth-order valence-corrected chi connectivity index (χ4v) is 4.14. The average Bonchev–Trinajstić information content (AvgIpc) is 2.72. The molecule has 9 nitrogen and oxygen atoms in total. The molecule has 0 aliphatic carbocycles. The summed E-state index contributed by atoms with van der Waals surface area (Å²) in [6.07, 6.45) is 4.79. The summed E-state index contributed by atoms with van der Waals surface area (Å²) < 4.78 is 31.9. The highest BCUT2D eigenvalue weighted by atomic mass is 32.5. The van der Waals surface area contributed by atoms with Gasteiger partial charge in [0.25, 0.3) is 0 Å². The predicted octanol–water partition coefficient (Wildman–Crippen LogP) is 3.19. The van der Waals surface area contributed by atoms with Crippen LogP contribution in [0.3, 0.4) is 0 Å². The van der Waals surface area contributed by atoms with E-state index in [1.54, 1.807) is 13.8 Å². The number of nitrogens with one attached hydrogen (secondary N) is 1. The molecule has 0 bridgehead atoms. The summed E-state index contributed by atoms with van der Waals surface area (Å²) in [6, 6.07) is 0. The number of hydrogen-bond donors (Lipinski definition) is 2. The lowest BCUT2D eigenvalue weighted by atomic mass is 10.2. The molecule has 0 aromatic carbocycles. The Hall–Kier alpha value is -0.160. The Morgan fingerprint density at radius 3 is 1.94 bits per heavy atom. The summed E-state index contributed by atoms with van der Waals surface area (Å²) in [5.41, 5.74) is 0. The molecule has 2 N–H and O–H groups in total. The van der Waals surface area contributed by atoms with Crippen molar-refractivity contribution in [2.75, 3.05) is 66.0 Å². The number of amides is 1. The zero-order chi connectivity index (χ0) is 23.9. The number of carbonyl (C=O) groups excluding carboxylic acids is 1. The lowest BCUT2D eigenvalue weighted by Crippen LogP contribution is -2.25. The first kappa shape index (κ1) is 31.8. The van der Waals surface area contributed by atoms with E-state index >= 15 is 0 Å². The van der Waals surface area contributed by atoms with Gasteiger partial charge in [-0.2, -0.15) is 0 Å². The van der Waals surface area contributed by atoms with Crippen LogP contribution in [0.15, 0.2) is 0 Å². The van der Waals surface area contributed by atoms with Gasteiger partial charge in [0.05, 0.1) is 59.0 Å². The van der Waals surface area contributed by atoms with Gasteiger partial charge in [-0.05, 0) is 44.9 Å². The number of hydrogen-bond acceptors (Lipinski definition) is 8. The van der Waals surface area contributed by atoms with E-state index in [9.17, 15) is 9.69 Å². The van der Waals surface area contributed by atoms with E-state index in [2.05, 4.69) is 12.2 Å². The highest BCUT2D eigenvalue weighted by Gasteiger charge is 2.16. The van der Waals surface area contributed by atoms with Crippen molar-refractivity contribution in [3.63, 3.8) is 0 Å². The van der Waals surface area contributed by atoms with Gasteiger partial charge in [-0.25, -0.2) is 0 Å². The third kappa shape index (κ3) is 24.5. The number of unbranched alkanes of at least 4 members (excludes halogenated alkanes) is 3. The van der Waals surface area contributed by atoms with Crippen LogP contribution in [-0.2, 0) is 44.6 Å². The minimum atomic E-state index is -3.11. The van der Waals surface area contributed by atoms with Crippen LogP contribution in [0.5, 0.6) is 0 Å². The standard InChI is InChI=1S/C21H44NO8PS/c1-4-11-25-14-16-27-18-19-28-17-15-26-13-9-21(23)22-10-7-5-6-8-12-29-31(24,32)30-20(2)3/h20H,4-19H2,1-3H3,(H,22,23)(H,24,32). The molecule has 11 heteroatoms. The SMILES string of the molecule is CCCOCCOCCOCCOCCC(=O)NCCCCCCOP(O)(=S)OC(C)C. The molecular weight excluding hydrogens is 457 g/mol. The third-order valence-corrected chi connectivity index (χ3v) is 5.70. The number of carbonyl (C=O) groups is 1. The molecule has 0 rings (SSSR count). The molecule has 1 unspecified atom stereocenters. The van der Waals surface area contributed by atoms with Crippen LogP contribution in [0.25, 0.3) is 0 Å². The number of ether oxygens (including phenoxy) is 4. The molecule has 0 aromatic heterocycles. The Balaban J connectivity index is 3.30. The molecule has 0 aliphatic heterocycles. The van der Waals surface area contributed by atoms with E-state index in [0.29, 0.717) is 65.8 Å². The minimum absolute atomic E-state index is 0.0141. The van der Waals surface area contributed by atoms with Gasteiger partial charge in [0, 0.05) is 19.6 Å². The molecule has 0 radical (unpaired) electrons. The molecule has 192 valence electrons. The van der Waals surface area contributed by atoms with Crippen molar-refractivity contribution < 1.29 is 37.7 Å². The number of rotatable bonds is 24. The highest BCUT2D eigenvalue weighted by molar-refractivity contribution is 8.07. The van der Waals surface area contributed by atoms with E-state index < -0.39 is 6.72 Å². The van der Waals surface area contributed by atoms with Crippen LogP contribution < -0.4 is 5.32 Å². The molecule has 32 heavy (non-hydrogen) atoms. The van der Waals surface area contributed by atoms with Crippen molar-refractivity contribution in [2.24, 2.45) is 0 Å². The third-order valence-electron chi connectivity index (χ3n) is 3.93. The van der Waals surface area contributed by atoms with Gasteiger partial charge in [-0.1, -0.05) is 19.8 Å². The second-order valence-corrected chi connectivity index (χ2v) is 10.2. The summed E-state index contributed by atoms with van der Waals surface area (Å²) in [5, 5.41) is 2.88. The summed E-state index contributed by atoms with van der Waals surface area (Å²) in [5.74, 6) is -0.0141. The van der Waals surface area contributed by atoms with Gasteiger partial charge in [0.2, 0.25) is 5.91 Å². The van der Waals surface area contributed by atoms with Crippen LogP contribution in [0, 0.1) is 0 Å². The fourth-order valence-electron chi connectivity index (χ4n) is 2.44. The molecular formula is C21H44NO8PS. The van der Waals surface area contributed by atoms with E-state index in [1.165, 1.54) is 0 Å². The topological polar surface area (TPSA) is 105 Å². The van der Waals surface area contributed by atoms with Crippen LogP contribution >= 0.6 is 6.72 Å². The maximum atomic E-state index is 11.8. The lowest BCUT2D eigenvalue weighted by molar-refractivity contribution is -0.122. The van der Waals surface area contributed by atoms with Gasteiger partial charge in [-0.3, -0.25) is 4.79 Å². The van der Waals surface area contributed by atoms with Crippen LogP contribution in [0.2, 0.25) is 0 Å². The zero-order valence-corrected chi connectivity index (χ0v) is 21.8. The second-order valence-electron chi connectivity index (χ2n) is 7.42. The fraction of sp³-hybridized carbons (Fsp3) is 0.952. The quantitative estimate of drug-likeness (QED) is 0.152. The monoisotopic (exact) mass is 501 g/mol. The first-order valence-electron chi connectivity index (χ1n) is 11.6. The van der Waals surface area contributed by atoms with E-state index in [0.717, 1.165) is 38.7 Å². The van der Waals surface area contributed by atoms with Crippen LogP contribution in [0.4, 0.5) is 0 Å². The van der Waals surface area contributed by atoms with Crippen LogP contribution in [-0.4, -0.2) is 82.9 Å². The molecule has 1 amide bonds. The Kier molecular flexibility index (Phi) is 22.5. The molecule has 0 aromatic rings. The van der Waals surface area contributed by atoms with Crippen molar-refractivity contribution in [1.82, 2.24) is 5.32 Å². The molecule has 0 saturated heterocycles. The van der Waals surface area contributed by atoms with Gasteiger partial charge >= 0.3 is 6.72 Å². The van der Waals surface area contributed by atoms with Gasteiger partial charge in [-0.15, -0.1) is 0 Å². The summed E-state index contributed by atoms with van der Waals surface area (Å²) in [7, 11) is 0. The minimum Gasteiger partial charge on any atom is -0.379 e. The molecule has 0 heterocycles. The Morgan fingerprint density at radius 1 is 0.844 bits per heavy atom. The Labute approximate surface area is 199 Å².